The molecule has 0 amide bonds. The smallest absolute Gasteiger partial charge is 0.181 e. The van der Waals surface area contributed by atoms with E-state index in [0.717, 1.165) is 30.6 Å². The molecule has 0 atom stereocenters. The molecule has 0 spiro atoms. The number of aromatic nitrogens is 1. The van der Waals surface area contributed by atoms with Crippen molar-refractivity contribution in [3.05, 3.63) is 30.2 Å². The maximum absolute atomic E-state index is 5.68. The van der Waals surface area contributed by atoms with Crippen LogP contribution in [0.4, 0.5) is 0 Å². The van der Waals surface area contributed by atoms with Crippen LogP contribution in [0.5, 0.6) is 0 Å². The van der Waals surface area contributed by atoms with Gasteiger partial charge in [0.05, 0.1) is 0 Å². The fraction of sp³-hybridized carbons (Fsp3) is 0.417. The molecular weight excluding hydrogens is 224 g/mol. The van der Waals surface area contributed by atoms with Crippen LogP contribution in [0.15, 0.2) is 29.0 Å². The van der Waals surface area contributed by atoms with Crippen LogP contribution in [-0.2, 0) is 6.42 Å². The summed E-state index contributed by atoms with van der Waals surface area (Å²) in [4.78, 5) is 6.31. The Hall–Kier alpha value is -1.06. The third kappa shape index (κ3) is 2.74. The van der Waals surface area contributed by atoms with Gasteiger partial charge in [0.15, 0.2) is 12.0 Å². The summed E-state index contributed by atoms with van der Waals surface area (Å²) >= 11 is 5.68. The summed E-state index contributed by atoms with van der Waals surface area (Å²) < 4.78 is 5.27. The standard InChI is InChI=1S/C12H15ClN2O/c1-15(7-5-13)6-4-10-2-3-11-12(8-10)16-9-14-11/h2-3,8-9H,4-7H2,1H3. The van der Waals surface area contributed by atoms with Gasteiger partial charge in [0.2, 0.25) is 0 Å². The molecule has 1 heterocycles. The van der Waals surface area contributed by atoms with Gasteiger partial charge in [0, 0.05) is 19.0 Å². The lowest BCUT2D eigenvalue weighted by Gasteiger charge is -2.14. The molecule has 0 unspecified atom stereocenters. The van der Waals surface area contributed by atoms with E-state index in [9.17, 15) is 0 Å². The summed E-state index contributed by atoms with van der Waals surface area (Å²) in [5, 5.41) is 0. The van der Waals surface area contributed by atoms with Crippen LogP contribution in [0.1, 0.15) is 5.56 Å². The maximum atomic E-state index is 5.68. The number of benzene rings is 1. The highest BCUT2D eigenvalue weighted by Gasteiger charge is 2.02. The van der Waals surface area contributed by atoms with Gasteiger partial charge in [-0.1, -0.05) is 6.07 Å². The van der Waals surface area contributed by atoms with Gasteiger partial charge in [-0.3, -0.25) is 0 Å². The van der Waals surface area contributed by atoms with Gasteiger partial charge in [0.25, 0.3) is 0 Å². The summed E-state index contributed by atoms with van der Waals surface area (Å²) in [6.07, 6.45) is 2.48. The lowest BCUT2D eigenvalue weighted by Crippen LogP contribution is -2.23. The Labute approximate surface area is 100 Å². The third-order valence-corrected chi connectivity index (χ3v) is 2.81. The lowest BCUT2D eigenvalue weighted by molar-refractivity contribution is 0.359. The first-order valence-corrected chi connectivity index (χ1v) is 5.89. The maximum Gasteiger partial charge on any atom is 0.181 e. The van der Waals surface area contributed by atoms with Crippen LogP contribution in [0.2, 0.25) is 0 Å². The second kappa shape index (κ2) is 5.32. The molecule has 0 fully saturated rings. The molecule has 0 bridgehead atoms. The number of alkyl halides is 1. The first kappa shape index (κ1) is 11.4. The van der Waals surface area contributed by atoms with E-state index in [1.807, 2.05) is 6.07 Å². The molecule has 0 saturated heterocycles. The molecule has 3 nitrogen and oxygen atoms in total. The lowest BCUT2D eigenvalue weighted by atomic mass is 10.1. The van der Waals surface area contributed by atoms with Crippen LogP contribution >= 0.6 is 11.6 Å². The SMILES string of the molecule is CN(CCCl)CCc1ccc2ncoc2c1. The van der Waals surface area contributed by atoms with Crippen molar-refractivity contribution >= 4 is 22.7 Å². The molecule has 1 aromatic carbocycles. The average Bonchev–Trinajstić information content (AvgIpc) is 2.74. The van der Waals surface area contributed by atoms with Crippen molar-refractivity contribution in [3.8, 4) is 0 Å². The van der Waals surface area contributed by atoms with Crippen molar-refractivity contribution in [2.24, 2.45) is 0 Å². The highest BCUT2D eigenvalue weighted by atomic mass is 35.5. The fourth-order valence-corrected chi connectivity index (χ4v) is 1.92. The van der Waals surface area contributed by atoms with E-state index >= 15 is 0 Å². The predicted molar refractivity (Wildman–Crippen MR) is 65.9 cm³/mol. The van der Waals surface area contributed by atoms with Crippen molar-refractivity contribution in [2.75, 3.05) is 26.0 Å². The van der Waals surface area contributed by atoms with Crippen LogP contribution in [0.25, 0.3) is 11.1 Å². The minimum atomic E-state index is 0.678. The monoisotopic (exact) mass is 238 g/mol. The Morgan fingerprint density at radius 1 is 1.38 bits per heavy atom. The first-order valence-electron chi connectivity index (χ1n) is 5.36. The number of hydrogen-bond donors (Lipinski definition) is 0. The quantitative estimate of drug-likeness (QED) is 0.750. The molecule has 0 aliphatic heterocycles. The number of hydrogen-bond acceptors (Lipinski definition) is 3. The fourth-order valence-electron chi connectivity index (χ4n) is 1.63. The minimum absolute atomic E-state index is 0.678. The summed E-state index contributed by atoms with van der Waals surface area (Å²) in [5.74, 6) is 0.678. The Morgan fingerprint density at radius 2 is 2.25 bits per heavy atom. The van der Waals surface area contributed by atoms with Gasteiger partial charge in [-0.2, -0.15) is 0 Å². The van der Waals surface area contributed by atoms with Gasteiger partial charge in [-0.25, -0.2) is 4.98 Å². The van der Waals surface area contributed by atoms with Gasteiger partial charge < -0.3 is 9.32 Å². The Bertz CT molecular complexity index is 455. The first-order chi connectivity index (χ1) is 7.79. The third-order valence-electron chi connectivity index (χ3n) is 2.64. The molecule has 0 saturated carbocycles. The number of likely N-dealkylation sites (N-methyl/N-ethyl adjacent to an activating group) is 1. The van der Waals surface area contributed by atoms with E-state index < -0.39 is 0 Å². The molecule has 0 aliphatic carbocycles. The van der Waals surface area contributed by atoms with Crippen LogP contribution < -0.4 is 0 Å². The Morgan fingerprint density at radius 3 is 3.06 bits per heavy atom. The van der Waals surface area contributed by atoms with Crippen molar-refractivity contribution in [2.45, 2.75) is 6.42 Å². The molecule has 86 valence electrons. The van der Waals surface area contributed by atoms with E-state index in [0.29, 0.717) is 5.88 Å². The predicted octanol–water partition coefficient (Wildman–Crippen LogP) is 2.54. The molecular formula is C12H15ClN2O. The average molecular weight is 239 g/mol. The Kier molecular flexibility index (Phi) is 3.80. The number of halogens is 1. The van der Waals surface area contributed by atoms with Crippen molar-refractivity contribution in [3.63, 3.8) is 0 Å². The number of oxazole rings is 1. The van der Waals surface area contributed by atoms with Crippen molar-refractivity contribution in [1.29, 1.82) is 0 Å². The zero-order valence-corrected chi connectivity index (χ0v) is 10.1. The summed E-state index contributed by atoms with van der Waals surface area (Å²) in [6, 6.07) is 6.14. The van der Waals surface area contributed by atoms with E-state index in [4.69, 9.17) is 16.0 Å². The normalized spacial score (nSPS) is 11.4. The zero-order valence-electron chi connectivity index (χ0n) is 9.32. The molecule has 1 aromatic heterocycles. The second-order valence-electron chi connectivity index (χ2n) is 3.90. The van der Waals surface area contributed by atoms with E-state index in [1.165, 1.54) is 12.0 Å². The second-order valence-corrected chi connectivity index (χ2v) is 4.27. The van der Waals surface area contributed by atoms with E-state index in [2.05, 4.69) is 29.1 Å². The van der Waals surface area contributed by atoms with E-state index in [-0.39, 0.29) is 0 Å². The highest BCUT2D eigenvalue weighted by Crippen LogP contribution is 2.14. The largest absolute Gasteiger partial charge is 0.443 e. The van der Waals surface area contributed by atoms with Gasteiger partial charge >= 0.3 is 0 Å². The number of nitrogens with zero attached hydrogens (tertiary/aromatic N) is 2. The van der Waals surface area contributed by atoms with E-state index in [1.54, 1.807) is 0 Å². The molecule has 2 rings (SSSR count). The van der Waals surface area contributed by atoms with Gasteiger partial charge in [0.1, 0.15) is 5.52 Å². The molecule has 2 aromatic rings. The van der Waals surface area contributed by atoms with Gasteiger partial charge in [-0.15, -0.1) is 11.6 Å². The summed E-state index contributed by atoms with van der Waals surface area (Å²) in [5.41, 5.74) is 3.04. The number of rotatable bonds is 5. The summed E-state index contributed by atoms with van der Waals surface area (Å²) in [6.45, 7) is 1.93. The van der Waals surface area contributed by atoms with Crippen molar-refractivity contribution in [1.82, 2.24) is 9.88 Å². The van der Waals surface area contributed by atoms with Crippen molar-refractivity contribution < 1.29 is 4.42 Å². The van der Waals surface area contributed by atoms with Gasteiger partial charge in [-0.05, 0) is 31.2 Å². The highest BCUT2D eigenvalue weighted by molar-refractivity contribution is 6.18. The summed E-state index contributed by atoms with van der Waals surface area (Å²) in [7, 11) is 2.08. The topological polar surface area (TPSA) is 29.3 Å². The molecule has 16 heavy (non-hydrogen) atoms. The zero-order chi connectivity index (χ0) is 11.4. The molecule has 4 heteroatoms. The molecule has 0 radical (unpaired) electrons. The molecule has 0 N–H and O–H groups in total. The van der Waals surface area contributed by atoms with Crippen LogP contribution in [0, 0.1) is 0 Å². The number of fused-ring (bicyclic) bond motifs is 1. The molecule has 0 aliphatic rings. The van der Waals surface area contributed by atoms with Crippen LogP contribution in [0.3, 0.4) is 0 Å². The Balaban J connectivity index is 1.98. The van der Waals surface area contributed by atoms with Crippen LogP contribution in [-0.4, -0.2) is 35.9 Å². The minimum Gasteiger partial charge on any atom is -0.443 e.